The van der Waals surface area contributed by atoms with Crippen molar-refractivity contribution in [2.45, 2.75) is 6.92 Å². The molecule has 0 saturated heterocycles. The fraction of sp³-hybridized carbons (Fsp3) is 0.250. The summed E-state index contributed by atoms with van der Waals surface area (Å²) in [5.41, 5.74) is 0.602. The molecule has 0 atom stereocenters. The molecule has 2 rings (SSSR count). The third kappa shape index (κ3) is 1.58. The molecular weight excluding hydrogens is 200 g/mol. The summed E-state index contributed by atoms with van der Waals surface area (Å²) in [6, 6.07) is 0. The van der Waals surface area contributed by atoms with E-state index in [1.54, 1.807) is 6.92 Å². The number of fused-ring (bicyclic) bond motifs is 1. The van der Waals surface area contributed by atoms with Gasteiger partial charge in [-0.3, -0.25) is 5.10 Å². The van der Waals surface area contributed by atoms with Crippen molar-refractivity contribution in [3.63, 3.8) is 0 Å². The van der Waals surface area contributed by atoms with Crippen LogP contribution in [0, 0.1) is 0 Å². The van der Waals surface area contributed by atoms with Crippen molar-refractivity contribution in [2.75, 3.05) is 6.61 Å². The quantitative estimate of drug-likeness (QED) is 0.759. The van der Waals surface area contributed by atoms with Gasteiger partial charge in [0.15, 0.2) is 5.65 Å². The number of hydrogen-bond acceptors (Lipinski definition) is 5. The Kier molecular flexibility index (Phi) is 2.20. The van der Waals surface area contributed by atoms with Crippen molar-refractivity contribution in [3.8, 4) is 5.88 Å². The standard InChI is InChI=1S/C8H8N4O3/c1-2-15-7-5(8(13)14)10-4-3-9-12-6(4)11-7/h3H,2H2,1H3,(H,13,14)(H,9,11,12). The topological polar surface area (TPSA) is 101 Å². The molecule has 0 radical (unpaired) electrons. The minimum atomic E-state index is -1.17. The predicted molar refractivity (Wildman–Crippen MR) is 49.8 cm³/mol. The summed E-state index contributed by atoms with van der Waals surface area (Å²) in [6.45, 7) is 2.07. The molecule has 7 nitrogen and oxygen atoms in total. The highest BCUT2D eigenvalue weighted by Crippen LogP contribution is 2.17. The maximum atomic E-state index is 10.8. The van der Waals surface area contributed by atoms with E-state index in [0.29, 0.717) is 17.8 Å². The average molecular weight is 208 g/mol. The highest BCUT2D eigenvalue weighted by molar-refractivity contribution is 5.90. The number of aromatic carboxylic acids is 1. The van der Waals surface area contributed by atoms with Gasteiger partial charge in [0.25, 0.3) is 0 Å². The Morgan fingerprint density at radius 2 is 2.40 bits per heavy atom. The van der Waals surface area contributed by atoms with Crippen LogP contribution < -0.4 is 4.74 Å². The lowest BCUT2D eigenvalue weighted by atomic mass is 10.4. The van der Waals surface area contributed by atoms with E-state index >= 15 is 0 Å². The van der Waals surface area contributed by atoms with Gasteiger partial charge in [0.1, 0.15) is 5.52 Å². The minimum absolute atomic E-state index is 0.00162. The van der Waals surface area contributed by atoms with Crippen LogP contribution in [0.2, 0.25) is 0 Å². The SMILES string of the molecule is CCOc1nc2[nH]ncc2nc1C(=O)O. The smallest absolute Gasteiger partial charge is 0.360 e. The van der Waals surface area contributed by atoms with Crippen molar-refractivity contribution in [1.29, 1.82) is 0 Å². The third-order valence-electron chi connectivity index (χ3n) is 1.73. The first-order valence-corrected chi connectivity index (χ1v) is 4.29. The fourth-order valence-electron chi connectivity index (χ4n) is 1.14. The van der Waals surface area contributed by atoms with Gasteiger partial charge >= 0.3 is 5.97 Å². The fourth-order valence-corrected chi connectivity index (χ4v) is 1.14. The van der Waals surface area contributed by atoms with Gasteiger partial charge < -0.3 is 9.84 Å². The van der Waals surface area contributed by atoms with E-state index in [1.807, 2.05) is 0 Å². The van der Waals surface area contributed by atoms with Gasteiger partial charge in [-0.25, -0.2) is 9.78 Å². The molecule has 0 amide bonds. The van der Waals surface area contributed by atoms with Crippen LogP contribution >= 0.6 is 0 Å². The molecule has 78 valence electrons. The number of H-pyrrole nitrogens is 1. The van der Waals surface area contributed by atoms with Crippen molar-refractivity contribution in [2.24, 2.45) is 0 Å². The lowest BCUT2D eigenvalue weighted by molar-refractivity contribution is 0.0685. The molecule has 7 heteroatoms. The van der Waals surface area contributed by atoms with Gasteiger partial charge in [-0.1, -0.05) is 0 Å². The molecule has 0 aliphatic carbocycles. The third-order valence-corrected chi connectivity index (χ3v) is 1.73. The number of ether oxygens (including phenoxy) is 1. The number of aromatic nitrogens is 4. The molecule has 0 unspecified atom stereocenters. The Labute approximate surface area is 84.1 Å². The van der Waals surface area contributed by atoms with Gasteiger partial charge in [0.2, 0.25) is 11.6 Å². The molecule has 0 fully saturated rings. The highest BCUT2D eigenvalue weighted by atomic mass is 16.5. The number of aromatic amines is 1. The van der Waals surface area contributed by atoms with Crippen LogP contribution in [-0.2, 0) is 0 Å². The summed E-state index contributed by atoms with van der Waals surface area (Å²) in [7, 11) is 0. The Bertz CT molecular complexity index is 508. The first-order chi connectivity index (χ1) is 7.22. The Hall–Kier alpha value is -2.18. The van der Waals surface area contributed by atoms with E-state index in [0.717, 1.165) is 0 Å². The average Bonchev–Trinajstić information content (AvgIpc) is 2.63. The van der Waals surface area contributed by atoms with Gasteiger partial charge in [0, 0.05) is 0 Å². The lowest BCUT2D eigenvalue weighted by Gasteiger charge is -2.04. The second-order valence-electron chi connectivity index (χ2n) is 2.72. The molecule has 0 aromatic carbocycles. The maximum absolute atomic E-state index is 10.8. The Balaban J connectivity index is 2.62. The summed E-state index contributed by atoms with van der Waals surface area (Å²) in [6.07, 6.45) is 1.41. The second-order valence-corrected chi connectivity index (χ2v) is 2.72. The van der Waals surface area contributed by atoms with Crippen LogP contribution in [0.3, 0.4) is 0 Å². The number of carboxylic acids is 1. The summed E-state index contributed by atoms with van der Waals surface area (Å²) < 4.78 is 5.07. The molecule has 2 heterocycles. The molecule has 0 aliphatic heterocycles. The normalized spacial score (nSPS) is 10.5. The molecule has 2 aromatic rings. The van der Waals surface area contributed by atoms with Crippen molar-refractivity contribution < 1.29 is 14.6 Å². The number of carboxylic acid groups (broad SMARTS) is 1. The number of nitrogens with one attached hydrogen (secondary N) is 1. The molecule has 15 heavy (non-hydrogen) atoms. The van der Waals surface area contributed by atoms with Gasteiger partial charge in [-0.05, 0) is 6.92 Å². The van der Waals surface area contributed by atoms with E-state index in [9.17, 15) is 4.79 Å². The molecule has 0 spiro atoms. The van der Waals surface area contributed by atoms with Crippen LogP contribution in [0.15, 0.2) is 6.20 Å². The summed E-state index contributed by atoms with van der Waals surface area (Å²) in [4.78, 5) is 18.7. The first kappa shape index (κ1) is 9.38. The van der Waals surface area contributed by atoms with Crippen LogP contribution in [-0.4, -0.2) is 37.8 Å². The number of rotatable bonds is 3. The van der Waals surface area contributed by atoms with E-state index < -0.39 is 5.97 Å². The number of hydrogen-bond donors (Lipinski definition) is 2. The van der Waals surface area contributed by atoms with Gasteiger partial charge in [-0.15, -0.1) is 0 Å². The predicted octanol–water partition coefficient (Wildman–Crippen LogP) is 0.450. The van der Waals surface area contributed by atoms with Gasteiger partial charge in [-0.2, -0.15) is 10.1 Å². The Morgan fingerprint density at radius 3 is 3.07 bits per heavy atom. The first-order valence-electron chi connectivity index (χ1n) is 4.29. The largest absolute Gasteiger partial charge is 0.476 e. The summed E-state index contributed by atoms with van der Waals surface area (Å²) in [5.74, 6) is -1.17. The zero-order chi connectivity index (χ0) is 10.8. The van der Waals surface area contributed by atoms with Crippen LogP contribution in [0.5, 0.6) is 5.88 Å². The number of carbonyl (C=O) groups is 1. The second kappa shape index (κ2) is 3.52. The van der Waals surface area contributed by atoms with Crippen molar-refractivity contribution in [1.82, 2.24) is 20.2 Å². The Morgan fingerprint density at radius 1 is 1.60 bits per heavy atom. The highest BCUT2D eigenvalue weighted by Gasteiger charge is 2.17. The number of nitrogens with zero attached hydrogens (tertiary/aromatic N) is 3. The maximum Gasteiger partial charge on any atom is 0.360 e. The molecule has 2 N–H and O–H groups in total. The molecule has 0 bridgehead atoms. The van der Waals surface area contributed by atoms with Crippen LogP contribution in [0.1, 0.15) is 17.4 Å². The minimum Gasteiger partial charge on any atom is -0.476 e. The molecule has 0 aliphatic rings. The van der Waals surface area contributed by atoms with E-state index in [-0.39, 0.29) is 11.6 Å². The lowest BCUT2D eigenvalue weighted by Crippen LogP contribution is -2.07. The molecule has 2 aromatic heterocycles. The zero-order valence-electron chi connectivity index (χ0n) is 7.89. The van der Waals surface area contributed by atoms with Crippen molar-refractivity contribution >= 4 is 17.1 Å². The monoisotopic (exact) mass is 208 g/mol. The summed E-state index contributed by atoms with van der Waals surface area (Å²) >= 11 is 0. The zero-order valence-corrected chi connectivity index (χ0v) is 7.89. The summed E-state index contributed by atoms with van der Waals surface area (Å²) in [5, 5.41) is 15.2. The van der Waals surface area contributed by atoms with E-state index in [4.69, 9.17) is 9.84 Å². The van der Waals surface area contributed by atoms with Gasteiger partial charge in [0.05, 0.1) is 12.8 Å². The van der Waals surface area contributed by atoms with Crippen LogP contribution in [0.25, 0.3) is 11.2 Å². The van der Waals surface area contributed by atoms with Crippen molar-refractivity contribution in [3.05, 3.63) is 11.9 Å². The molecular formula is C8H8N4O3. The van der Waals surface area contributed by atoms with Crippen LogP contribution in [0.4, 0.5) is 0 Å². The van der Waals surface area contributed by atoms with E-state index in [2.05, 4.69) is 20.2 Å². The molecule has 0 saturated carbocycles. The van der Waals surface area contributed by atoms with E-state index in [1.165, 1.54) is 6.20 Å².